The maximum absolute atomic E-state index is 13.2. The summed E-state index contributed by atoms with van der Waals surface area (Å²) < 4.78 is 20.3. The summed E-state index contributed by atoms with van der Waals surface area (Å²) in [7, 11) is 0. The largest absolute Gasteiger partial charge is 0.493 e. The molecule has 4 rings (SSSR count). The van der Waals surface area contributed by atoms with E-state index in [9.17, 15) is 9.18 Å². The van der Waals surface area contributed by atoms with Gasteiger partial charge in [0.25, 0.3) is 0 Å². The Morgan fingerprint density at radius 3 is 2.94 bits per heavy atom. The number of rotatable bonds is 9. The number of anilines is 3. The van der Waals surface area contributed by atoms with Crippen molar-refractivity contribution in [2.75, 3.05) is 23.1 Å². The maximum Gasteiger partial charge on any atom is 0.246 e. The lowest BCUT2D eigenvalue weighted by atomic mass is 10.2. The van der Waals surface area contributed by atoms with Gasteiger partial charge in [-0.3, -0.25) is 4.79 Å². The number of alkyl halides is 1. The van der Waals surface area contributed by atoms with Gasteiger partial charge in [-0.2, -0.15) is 0 Å². The van der Waals surface area contributed by atoms with Crippen molar-refractivity contribution in [1.82, 2.24) is 25.0 Å². The SMILES string of the molecule is O=C(Cn1cc(Nc2ncnc3cc(OCCCCl)ccc23)nn1)Nc1cccc(F)c1. The van der Waals surface area contributed by atoms with Crippen LogP contribution >= 0.6 is 11.6 Å². The summed E-state index contributed by atoms with van der Waals surface area (Å²) in [6, 6.07) is 11.2. The molecule has 2 aromatic heterocycles. The van der Waals surface area contributed by atoms with Crippen LogP contribution in [0.25, 0.3) is 10.9 Å². The van der Waals surface area contributed by atoms with Crippen molar-refractivity contribution in [2.45, 2.75) is 13.0 Å². The van der Waals surface area contributed by atoms with Crippen molar-refractivity contribution in [3.05, 3.63) is 60.8 Å². The number of ether oxygens (including phenoxy) is 1. The number of carbonyl (C=O) groups excluding carboxylic acids is 1. The molecule has 1 amide bonds. The second-order valence-electron chi connectivity index (χ2n) is 6.78. The summed E-state index contributed by atoms with van der Waals surface area (Å²) in [5, 5.41) is 14.4. The Balaban J connectivity index is 1.42. The lowest BCUT2D eigenvalue weighted by molar-refractivity contribution is -0.116. The van der Waals surface area contributed by atoms with Crippen LogP contribution < -0.4 is 15.4 Å². The first kappa shape index (κ1) is 21.4. The topological polar surface area (TPSA) is 107 Å². The molecule has 4 aromatic rings. The van der Waals surface area contributed by atoms with Crippen LogP contribution in [0.4, 0.5) is 21.7 Å². The number of amides is 1. The van der Waals surface area contributed by atoms with E-state index in [1.54, 1.807) is 12.3 Å². The molecular weight excluding hydrogens is 437 g/mol. The lowest BCUT2D eigenvalue weighted by Gasteiger charge is -2.08. The van der Waals surface area contributed by atoms with Gasteiger partial charge in [0.15, 0.2) is 5.82 Å². The van der Waals surface area contributed by atoms with Crippen LogP contribution in [0.2, 0.25) is 0 Å². The number of carbonyl (C=O) groups is 1. The standard InChI is InChI=1S/C21H19ClFN7O2/c22-7-2-8-32-16-5-6-17-18(10-16)24-13-25-21(17)27-19-11-30(29-28-19)12-20(31)26-15-4-1-3-14(23)9-15/h1,3-6,9-11,13H,2,7-8,12H2,(H,26,31)(H,24,25,27). The molecule has 0 atom stereocenters. The molecule has 0 unspecified atom stereocenters. The molecule has 0 saturated carbocycles. The lowest BCUT2D eigenvalue weighted by Crippen LogP contribution is -2.19. The molecule has 32 heavy (non-hydrogen) atoms. The van der Waals surface area contributed by atoms with Crippen molar-refractivity contribution in [3.8, 4) is 5.75 Å². The summed E-state index contributed by atoms with van der Waals surface area (Å²) >= 11 is 5.67. The number of fused-ring (bicyclic) bond motifs is 1. The molecule has 0 radical (unpaired) electrons. The first-order valence-electron chi connectivity index (χ1n) is 9.77. The van der Waals surface area contributed by atoms with Gasteiger partial charge >= 0.3 is 0 Å². The van der Waals surface area contributed by atoms with E-state index in [2.05, 4.69) is 30.9 Å². The molecule has 2 aromatic carbocycles. The minimum Gasteiger partial charge on any atom is -0.493 e. The van der Waals surface area contributed by atoms with E-state index in [0.29, 0.717) is 41.1 Å². The first-order valence-corrected chi connectivity index (χ1v) is 10.3. The average Bonchev–Trinajstić information content (AvgIpc) is 3.20. The monoisotopic (exact) mass is 455 g/mol. The van der Waals surface area contributed by atoms with Crippen LogP contribution in [-0.2, 0) is 11.3 Å². The van der Waals surface area contributed by atoms with Gasteiger partial charge in [0.1, 0.15) is 30.3 Å². The maximum atomic E-state index is 13.2. The fourth-order valence-corrected chi connectivity index (χ4v) is 3.05. The quantitative estimate of drug-likeness (QED) is 0.292. The molecule has 164 valence electrons. The summed E-state index contributed by atoms with van der Waals surface area (Å²) in [4.78, 5) is 20.7. The predicted octanol–water partition coefficient (Wildman–Crippen LogP) is 3.75. The Bertz CT molecular complexity index is 1230. The number of hydrogen-bond acceptors (Lipinski definition) is 7. The molecule has 2 heterocycles. The van der Waals surface area contributed by atoms with Gasteiger partial charge in [-0.15, -0.1) is 16.7 Å². The minimum absolute atomic E-state index is 0.0846. The highest BCUT2D eigenvalue weighted by Gasteiger charge is 2.10. The highest BCUT2D eigenvalue weighted by atomic mass is 35.5. The summed E-state index contributed by atoms with van der Waals surface area (Å²) in [6.45, 7) is 0.444. The molecule has 0 fully saturated rings. The molecule has 2 N–H and O–H groups in total. The van der Waals surface area contributed by atoms with E-state index in [4.69, 9.17) is 16.3 Å². The highest BCUT2D eigenvalue weighted by Crippen LogP contribution is 2.25. The van der Waals surface area contributed by atoms with Crippen molar-refractivity contribution in [1.29, 1.82) is 0 Å². The predicted molar refractivity (Wildman–Crippen MR) is 119 cm³/mol. The van der Waals surface area contributed by atoms with E-state index in [1.165, 1.54) is 29.2 Å². The first-order chi connectivity index (χ1) is 15.6. The van der Waals surface area contributed by atoms with Crippen LogP contribution in [0.15, 0.2) is 55.0 Å². The van der Waals surface area contributed by atoms with E-state index in [-0.39, 0.29) is 12.5 Å². The Morgan fingerprint density at radius 1 is 1.19 bits per heavy atom. The number of nitrogens with one attached hydrogen (secondary N) is 2. The third-order valence-corrected chi connectivity index (χ3v) is 4.62. The third-order valence-electron chi connectivity index (χ3n) is 4.35. The third kappa shape index (κ3) is 5.46. The van der Waals surface area contributed by atoms with Crippen LogP contribution in [0.5, 0.6) is 5.75 Å². The second-order valence-corrected chi connectivity index (χ2v) is 7.16. The smallest absolute Gasteiger partial charge is 0.246 e. The molecule has 0 saturated heterocycles. The summed E-state index contributed by atoms with van der Waals surface area (Å²) in [5.74, 6) is 1.39. The molecular formula is C21H19ClFN7O2. The van der Waals surface area contributed by atoms with Crippen LogP contribution in [0, 0.1) is 5.82 Å². The van der Waals surface area contributed by atoms with Crippen molar-refractivity contribution >= 4 is 45.7 Å². The van der Waals surface area contributed by atoms with Crippen LogP contribution in [-0.4, -0.2) is 43.4 Å². The number of halogens is 2. The number of hydrogen-bond donors (Lipinski definition) is 2. The Labute approximate surface area is 187 Å². The van der Waals surface area contributed by atoms with Gasteiger partial charge < -0.3 is 15.4 Å². The van der Waals surface area contributed by atoms with Gasteiger partial charge in [0, 0.05) is 23.0 Å². The molecule has 0 aliphatic carbocycles. The van der Waals surface area contributed by atoms with Crippen LogP contribution in [0.1, 0.15) is 6.42 Å². The Hall–Kier alpha value is -3.79. The van der Waals surface area contributed by atoms with Gasteiger partial charge in [-0.25, -0.2) is 19.0 Å². The zero-order chi connectivity index (χ0) is 22.3. The molecule has 0 aliphatic heterocycles. The molecule has 0 bridgehead atoms. The van der Waals surface area contributed by atoms with Gasteiger partial charge in [0.2, 0.25) is 5.91 Å². The minimum atomic E-state index is -0.430. The molecule has 9 nitrogen and oxygen atoms in total. The van der Waals surface area contributed by atoms with Crippen molar-refractivity contribution < 1.29 is 13.9 Å². The Kier molecular flexibility index (Phi) is 6.71. The summed E-state index contributed by atoms with van der Waals surface area (Å²) in [5.41, 5.74) is 1.07. The van der Waals surface area contributed by atoms with Gasteiger partial charge in [-0.05, 0) is 36.8 Å². The number of aromatic nitrogens is 5. The van der Waals surface area contributed by atoms with Crippen molar-refractivity contribution in [2.24, 2.45) is 0 Å². The van der Waals surface area contributed by atoms with E-state index < -0.39 is 5.82 Å². The van der Waals surface area contributed by atoms with Crippen molar-refractivity contribution in [3.63, 3.8) is 0 Å². The zero-order valence-electron chi connectivity index (χ0n) is 16.8. The fourth-order valence-electron chi connectivity index (χ4n) is 2.94. The van der Waals surface area contributed by atoms with E-state index >= 15 is 0 Å². The number of nitrogens with zero attached hydrogens (tertiary/aromatic N) is 5. The fraction of sp³-hybridized carbons (Fsp3) is 0.190. The second kappa shape index (κ2) is 10.0. The van der Waals surface area contributed by atoms with E-state index in [0.717, 1.165) is 11.8 Å². The molecule has 0 spiro atoms. The molecule has 0 aliphatic rings. The highest BCUT2D eigenvalue weighted by molar-refractivity contribution is 6.17. The van der Waals surface area contributed by atoms with Gasteiger partial charge in [0.05, 0.1) is 18.3 Å². The molecule has 11 heteroatoms. The normalized spacial score (nSPS) is 10.8. The van der Waals surface area contributed by atoms with Gasteiger partial charge in [-0.1, -0.05) is 11.3 Å². The van der Waals surface area contributed by atoms with E-state index in [1.807, 2.05) is 18.2 Å². The average molecular weight is 456 g/mol. The van der Waals surface area contributed by atoms with Crippen LogP contribution in [0.3, 0.4) is 0 Å². The summed E-state index contributed by atoms with van der Waals surface area (Å²) in [6.07, 6.45) is 3.76. The zero-order valence-corrected chi connectivity index (χ0v) is 17.6. The Morgan fingerprint density at radius 2 is 2.09 bits per heavy atom. The number of benzene rings is 2.